The van der Waals surface area contributed by atoms with Gasteiger partial charge in [-0.15, -0.1) is 13.2 Å². The van der Waals surface area contributed by atoms with Crippen LogP contribution in [-0.2, 0) is 21.4 Å². The van der Waals surface area contributed by atoms with Crippen LogP contribution in [0.2, 0.25) is 0 Å². The fourth-order valence-corrected chi connectivity index (χ4v) is 7.35. The number of hydrogen-bond donors (Lipinski definition) is 3. The molecule has 0 aliphatic carbocycles. The molecule has 2 amide bonds. The van der Waals surface area contributed by atoms with Crippen LogP contribution in [-0.4, -0.2) is 80.3 Å². The predicted octanol–water partition coefficient (Wildman–Crippen LogP) is 5.44. The fraction of sp³-hybridized carbons (Fsp3) is 0.412. The molecule has 3 aromatic rings. The second-order valence-electron chi connectivity index (χ2n) is 12.0. The highest BCUT2D eigenvalue weighted by Gasteiger charge is 2.32. The molecule has 2 fully saturated rings. The van der Waals surface area contributed by atoms with E-state index in [1.54, 1.807) is 16.4 Å². The van der Waals surface area contributed by atoms with Crippen molar-refractivity contribution in [2.75, 3.05) is 49.1 Å². The number of piperazine rings is 1. The molecule has 2 saturated heterocycles. The molecule has 0 spiro atoms. The zero-order chi connectivity index (χ0) is 34.3. The van der Waals surface area contributed by atoms with Gasteiger partial charge < -0.3 is 20.7 Å². The molecule has 14 heteroatoms. The molecule has 0 unspecified atom stereocenters. The summed E-state index contributed by atoms with van der Waals surface area (Å²) in [4.78, 5) is 27.9. The van der Waals surface area contributed by atoms with E-state index in [4.69, 9.17) is 0 Å². The highest BCUT2D eigenvalue weighted by atomic mass is 32.2. The normalized spacial score (nSPS) is 17.9. The lowest BCUT2D eigenvalue weighted by Gasteiger charge is -2.34. The molecule has 0 saturated carbocycles. The van der Waals surface area contributed by atoms with E-state index in [1.165, 1.54) is 36.4 Å². The number of sulfonamides is 1. The number of ether oxygens (including phenoxy) is 1. The van der Waals surface area contributed by atoms with E-state index in [0.29, 0.717) is 68.1 Å². The Labute approximate surface area is 278 Å². The van der Waals surface area contributed by atoms with Crippen LogP contribution in [0, 0.1) is 0 Å². The van der Waals surface area contributed by atoms with Crippen LogP contribution >= 0.6 is 0 Å². The van der Waals surface area contributed by atoms with Gasteiger partial charge in [-0.1, -0.05) is 37.6 Å². The van der Waals surface area contributed by atoms with Gasteiger partial charge in [0.2, 0.25) is 15.9 Å². The molecule has 48 heavy (non-hydrogen) atoms. The fourth-order valence-electron chi connectivity index (χ4n) is 5.86. The first-order valence-electron chi connectivity index (χ1n) is 16.0. The molecule has 2 heterocycles. The Balaban J connectivity index is 1.21. The first kappa shape index (κ1) is 35.3. The van der Waals surface area contributed by atoms with Crippen LogP contribution < -0.4 is 20.7 Å². The van der Waals surface area contributed by atoms with Gasteiger partial charge in [-0.25, -0.2) is 8.42 Å². The molecule has 258 valence electrons. The number of alkyl halides is 3. The molecule has 3 N–H and O–H groups in total. The van der Waals surface area contributed by atoms with Gasteiger partial charge >= 0.3 is 6.36 Å². The lowest BCUT2D eigenvalue weighted by Crippen LogP contribution is -2.48. The number of piperidine rings is 1. The lowest BCUT2D eigenvalue weighted by molar-refractivity contribution is -0.274. The monoisotopic (exact) mass is 687 g/mol. The number of benzene rings is 3. The van der Waals surface area contributed by atoms with E-state index < -0.39 is 28.0 Å². The molecule has 5 rings (SSSR count). The number of nitrogens with zero attached hydrogens (tertiary/aromatic N) is 2. The zero-order valence-electron chi connectivity index (χ0n) is 26.7. The van der Waals surface area contributed by atoms with Gasteiger partial charge in [0, 0.05) is 55.2 Å². The maximum absolute atomic E-state index is 13.2. The molecular formula is C34H40F3N5O5S. The van der Waals surface area contributed by atoms with Crippen molar-refractivity contribution in [3.8, 4) is 16.9 Å². The summed E-state index contributed by atoms with van der Waals surface area (Å²) in [5.41, 5.74) is 2.68. The highest BCUT2D eigenvalue weighted by molar-refractivity contribution is 7.89. The Morgan fingerprint density at radius 3 is 2.23 bits per heavy atom. The standard InChI is InChI=1S/C34H40F3N5O5S/c1-2-21-48(45,46)42-19-17-41(18-20-42)23-24-6-12-27(13-7-24)39-32(43)26-10-8-25(9-11-26)29-22-28(14-15-31(29)47-34(35,36)37)40-33(44)30-5-3-4-16-38-30/h6-15,22,30,38H,2-5,16-21,23H2,1H3,(H,39,43)(H,40,44)/t30-/m1/s1. The van der Waals surface area contributed by atoms with Crippen molar-refractivity contribution in [1.29, 1.82) is 0 Å². The van der Waals surface area contributed by atoms with E-state index in [1.807, 2.05) is 19.1 Å². The van der Waals surface area contributed by atoms with Gasteiger partial charge in [-0.3, -0.25) is 14.5 Å². The Morgan fingerprint density at radius 2 is 1.60 bits per heavy atom. The second kappa shape index (κ2) is 15.5. The molecule has 10 nitrogen and oxygen atoms in total. The first-order chi connectivity index (χ1) is 22.9. The maximum atomic E-state index is 13.2. The third kappa shape index (κ3) is 9.56. The molecule has 0 aromatic heterocycles. The summed E-state index contributed by atoms with van der Waals surface area (Å²) in [5, 5.41) is 8.76. The molecule has 0 bridgehead atoms. The van der Waals surface area contributed by atoms with Crippen LogP contribution in [0.5, 0.6) is 5.75 Å². The summed E-state index contributed by atoms with van der Waals surface area (Å²) in [7, 11) is -3.20. The van der Waals surface area contributed by atoms with E-state index in [0.717, 1.165) is 31.0 Å². The second-order valence-corrected chi connectivity index (χ2v) is 14.1. The number of halogens is 3. The van der Waals surface area contributed by atoms with E-state index >= 15 is 0 Å². The Kier molecular flexibility index (Phi) is 11.4. The van der Waals surface area contributed by atoms with Crippen LogP contribution in [0.4, 0.5) is 24.5 Å². The number of carbonyl (C=O) groups is 2. The van der Waals surface area contributed by atoms with Crippen molar-refractivity contribution in [2.45, 2.75) is 51.6 Å². The molecule has 0 radical (unpaired) electrons. The number of rotatable bonds is 11. The first-order valence-corrected chi connectivity index (χ1v) is 17.7. The van der Waals surface area contributed by atoms with E-state index in [-0.39, 0.29) is 23.3 Å². The minimum Gasteiger partial charge on any atom is -0.405 e. The number of hydrogen-bond acceptors (Lipinski definition) is 7. The maximum Gasteiger partial charge on any atom is 0.573 e. The third-order valence-electron chi connectivity index (χ3n) is 8.36. The quantitative estimate of drug-likeness (QED) is 0.246. The van der Waals surface area contributed by atoms with Gasteiger partial charge in [-0.05, 0) is 79.4 Å². The van der Waals surface area contributed by atoms with Crippen LogP contribution in [0.1, 0.15) is 48.5 Å². The number of carbonyl (C=O) groups excluding carboxylic acids is 2. The summed E-state index contributed by atoms with van der Waals surface area (Å²) in [5.74, 6) is -0.929. The topological polar surface area (TPSA) is 120 Å². The minimum absolute atomic E-state index is 0.105. The summed E-state index contributed by atoms with van der Waals surface area (Å²) >= 11 is 0. The van der Waals surface area contributed by atoms with E-state index in [2.05, 4.69) is 25.6 Å². The summed E-state index contributed by atoms with van der Waals surface area (Å²) < 4.78 is 70.1. The van der Waals surface area contributed by atoms with Crippen molar-refractivity contribution in [2.24, 2.45) is 0 Å². The largest absolute Gasteiger partial charge is 0.573 e. The average molecular weight is 688 g/mol. The lowest BCUT2D eigenvalue weighted by atomic mass is 10.0. The van der Waals surface area contributed by atoms with Gasteiger partial charge in [0.25, 0.3) is 5.91 Å². The third-order valence-corrected chi connectivity index (χ3v) is 10.4. The van der Waals surface area contributed by atoms with Crippen LogP contribution in [0.25, 0.3) is 11.1 Å². The van der Waals surface area contributed by atoms with Crippen molar-refractivity contribution in [3.63, 3.8) is 0 Å². The van der Waals surface area contributed by atoms with Gasteiger partial charge in [0.05, 0.1) is 11.8 Å². The summed E-state index contributed by atoms with van der Waals surface area (Å²) in [6.45, 7) is 5.43. The number of nitrogens with one attached hydrogen (secondary N) is 3. The zero-order valence-corrected chi connectivity index (χ0v) is 27.5. The van der Waals surface area contributed by atoms with Gasteiger partial charge in [0.1, 0.15) is 5.75 Å². The Morgan fingerprint density at radius 1 is 0.917 bits per heavy atom. The SMILES string of the molecule is CCCS(=O)(=O)N1CCN(Cc2ccc(NC(=O)c3ccc(-c4cc(NC(=O)[C@H]5CCCCN5)ccc4OC(F)(F)F)cc3)cc2)CC1. The van der Waals surface area contributed by atoms with Crippen molar-refractivity contribution in [1.82, 2.24) is 14.5 Å². The van der Waals surface area contributed by atoms with Gasteiger partial charge in [-0.2, -0.15) is 4.31 Å². The summed E-state index contributed by atoms with van der Waals surface area (Å²) in [6.07, 6.45) is -1.77. The van der Waals surface area contributed by atoms with Crippen LogP contribution in [0.15, 0.2) is 66.7 Å². The number of anilines is 2. The minimum atomic E-state index is -4.92. The number of amides is 2. The molecule has 3 aromatic carbocycles. The Bertz CT molecular complexity index is 1670. The van der Waals surface area contributed by atoms with Crippen molar-refractivity contribution >= 4 is 33.2 Å². The molecule has 2 aliphatic heterocycles. The van der Waals surface area contributed by atoms with Crippen molar-refractivity contribution in [3.05, 3.63) is 77.9 Å². The molecular weight excluding hydrogens is 647 g/mol. The Hall–Kier alpha value is -3.98. The van der Waals surface area contributed by atoms with E-state index in [9.17, 15) is 31.2 Å². The average Bonchev–Trinajstić information content (AvgIpc) is 3.06. The predicted molar refractivity (Wildman–Crippen MR) is 178 cm³/mol. The molecule has 1 atom stereocenters. The highest BCUT2D eigenvalue weighted by Crippen LogP contribution is 2.36. The smallest absolute Gasteiger partial charge is 0.405 e. The van der Waals surface area contributed by atoms with Crippen LogP contribution in [0.3, 0.4) is 0 Å². The molecule has 2 aliphatic rings. The van der Waals surface area contributed by atoms with Crippen molar-refractivity contribution < 1.29 is 35.9 Å². The summed E-state index contributed by atoms with van der Waals surface area (Å²) in [6, 6.07) is 17.0. The van der Waals surface area contributed by atoms with Gasteiger partial charge in [0.15, 0.2) is 0 Å².